The van der Waals surface area contributed by atoms with Crippen LogP contribution in [0.4, 0.5) is 5.69 Å². The first-order valence-electron chi connectivity index (χ1n) is 5.01. The molecule has 1 N–H and O–H groups in total. The fourth-order valence-electron chi connectivity index (χ4n) is 1.43. The molecule has 0 aliphatic rings. The number of nitrogens with zero attached hydrogens (tertiary/aromatic N) is 2. The molecule has 0 aliphatic carbocycles. The molecule has 0 saturated carbocycles. The van der Waals surface area contributed by atoms with Gasteiger partial charge in [0.2, 0.25) is 0 Å². The van der Waals surface area contributed by atoms with Crippen molar-refractivity contribution in [3.8, 4) is 0 Å². The molecule has 2 rings (SSSR count). The van der Waals surface area contributed by atoms with E-state index < -0.39 is 0 Å². The molecule has 0 atom stereocenters. The summed E-state index contributed by atoms with van der Waals surface area (Å²) in [5, 5.41) is 3.77. The van der Waals surface area contributed by atoms with Gasteiger partial charge in [0.25, 0.3) is 0 Å². The molecule has 0 amide bonds. The normalized spacial score (nSPS) is 10.1. The molecular weight excluding hydrogens is 222 g/mol. The molecule has 2 aromatic rings. The van der Waals surface area contributed by atoms with Crippen LogP contribution in [0.3, 0.4) is 0 Å². The molecule has 16 heavy (non-hydrogen) atoms. The molecule has 0 aliphatic heterocycles. The van der Waals surface area contributed by atoms with E-state index in [-0.39, 0.29) is 0 Å². The molecule has 0 bridgehead atoms. The molecule has 0 spiro atoms. The third-order valence-electron chi connectivity index (χ3n) is 2.31. The first-order chi connectivity index (χ1) is 7.77. The maximum Gasteiger partial charge on any atom is 0.152 e. The highest BCUT2D eigenvalue weighted by atomic mass is 35.5. The van der Waals surface area contributed by atoms with E-state index in [1.807, 2.05) is 31.3 Å². The molecule has 0 saturated heterocycles. The minimum absolute atomic E-state index is 0.504. The van der Waals surface area contributed by atoms with Crippen molar-refractivity contribution in [3.05, 3.63) is 53.1 Å². The van der Waals surface area contributed by atoms with Crippen molar-refractivity contribution in [1.82, 2.24) is 9.97 Å². The Labute approximate surface area is 99.5 Å². The lowest BCUT2D eigenvalue weighted by atomic mass is 10.2. The van der Waals surface area contributed by atoms with Crippen LogP contribution in [0.2, 0.25) is 5.15 Å². The molecule has 0 aromatic carbocycles. The fourth-order valence-corrected chi connectivity index (χ4v) is 1.70. The summed E-state index contributed by atoms with van der Waals surface area (Å²) in [4.78, 5) is 8.09. The third kappa shape index (κ3) is 2.49. The topological polar surface area (TPSA) is 37.8 Å². The molecule has 82 valence electrons. The van der Waals surface area contributed by atoms with Gasteiger partial charge in [-0.3, -0.25) is 4.98 Å². The van der Waals surface area contributed by atoms with Gasteiger partial charge >= 0.3 is 0 Å². The average molecular weight is 234 g/mol. The van der Waals surface area contributed by atoms with Gasteiger partial charge in [-0.25, -0.2) is 4.98 Å². The van der Waals surface area contributed by atoms with Crippen molar-refractivity contribution >= 4 is 17.3 Å². The second-order valence-electron chi connectivity index (χ2n) is 3.51. The predicted octanol–water partition coefficient (Wildman–Crippen LogP) is 3.05. The van der Waals surface area contributed by atoms with Crippen LogP contribution < -0.4 is 5.32 Å². The van der Waals surface area contributed by atoms with Crippen molar-refractivity contribution in [2.24, 2.45) is 0 Å². The highest BCUT2D eigenvalue weighted by molar-refractivity contribution is 6.32. The van der Waals surface area contributed by atoms with Crippen LogP contribution in [0.15, 0.2) is 36.8 Å². The van der Waals surface area contributed by atoms with Crippen LogP contribution in [-0.4, -0.2) is 9.97 Å². The Balaban J connectivity index is 2.11. The maximum absolute atomic E-state index is 6.01. The zero-order chi connectivity index (χ0) is 11.4. The second kappa shape index (κ2) is 4.94. The van der Waals surface area contributed by atoms with Gasteiger partial charge in [-0.05, 0) is 30.2 Å². The summed E-state index contributed by atoms with van der Waals surface area (Å²) in [6.45, 7) is 2.69. The van der Waals surface area contributed by atoms with E-state index in [9.17, 15) is 0 Å². The number of rotatable bonds is 3. The highest BCUT2D eigenvalue weighted by Crippen LogP contribution is 2.23. The molecule has 2 heterocycles. The fraction of sp³-hybridized carbons (Fsp3) is 0.167. The van der Waals surface area contributed by atoms with Gasteiger partial charge in [0.1, 0.15) is 0 Å². The second-order valence-corrected chi connectivity index (χ2v) is 3.87. The van der Waals surface area contributed by atoms with Crippen LogP contribution in [0, 0.1) is 6.92 Å². The Morgan fingerprint density at radius 2 is 2.19 bits per heavy atom. The number of pyridine rings is 2. The summed E-state index contributed by atoms with van der Waals surface area (Å²) in [5.41, 5.74) is 3.08. The Bertz CT molecular complexity index is 451. The van der Waals surface area contributed by atoms with Crippen LogP contribution in [0.5, 0.6) is 0 Å². The minimum atomic E-state index is 0.504. The number of nitrogens with one attached hydrogen (secondary N) is 1. The maximum atomic E-state index is 6.01. The van der Waals surface area contributed by atoms with E-state index in [4.69, 9.17) is 11.6 Å². The number of aryl methyl sites for hydroxylation is 1. The van der Waals surface area contributed by atoms with Gasteiger partial charge in [-0.2, -0.15) is 0 Å². The summed E-state index contributed by atoms with van der Waals surface area (Å²) < 4.78 is 0. The Morgan fingerprint density at radius 1 is 1.31 bits per heavy atom. The quantitative estimate of drug-likeness (QED) is 0.828. The van der Waals surface area contributed by atoms with Crippen molar-refractivity contribution in [2.45, 2.75) is 13.5 Å². The molecule has 0 unspecified atom stereocenters. The number of anilines is 1. The lowest BCUT2D eigenvalue weighted by molar-refractivity contribution is 1.10. The van der Waals surface area contributed by atoms with E-state index in [0.29, 0.717) is 11.7 Å². The first-order valence-corrected chi connectivity index (χ1v) is 5.39. The molecule has 0 fully saturated rings. The first kappa shape index (κ1) is 10.9. The molecule has 4 heteroatoms. The molecule has 0 radical (unpaired) electrons. The summed E-state index contributed by atoms with van der Waals surface area (Å²) in [7, 11) is 0. The predicted molar refractivity (Wildman–Crippen MR) is 65.5 cm³/mol. The van der Waals surface area contributed by atoms with Crippen molar-refractivity contribution < 1.29 is 0 Å². The number of hydrogen-bond acceptors (Lipinski definition) is 3. The Kier molecular flexibility index (Phi) is 3.37. The Hall–Kier alpha value is -1.61. The zero-order valence-electron chi connectivity index (χ0n) is 8.94. The van der Waals surface area contributed by atoms with E-state index in [0.717, 1.165) is 16.8 Å². The largest absolute Gasteiger partial charge is 0.378 e. The molecule has 2 aromatic heterocycles. The third-order valence-corrected chi connectivity index (χ3v) is 2.59. The molecule has 3 nitrogen and oxygen atoms in total. The monoisotopic (exact) mass is 233 g/mol. The zero-order valence-corrected chi connectivity index (χ0v) is 9.70. The van der Waals surface area contributed by atoms with E-state index in [1.54, 1.807) is 12.4 Å². The summed E-state index contributed by atoms with van der Waals surface area (Å²) in [5.74, 6) is 0. The van der Waals surface area contributed by atoms with Crippen molar-refractivity contribution in [3.63, 3.8) is 0 Å². The van der Waals surface area contributed by atoms with E-state index >= 15 is 0 Å². The standard InChI is InChI=1S/C12H12ClN3/c1-9-4-6-15-12(13)11(9)16-8-10-3-2-5-14-7-10/h2-7,16H,8H2,1H3. The van der Waals surface area contributed by atoms with Gasteiger partial charge < -0.3 is 5.32 Å². The van der Waals surface area contributed by atoms with E-state index in [2.05, 4.69) is 15.3 Å². The van der Waals surface area contributed by atoms with Crippen molar-refractivity contribution in [2.75, 3.05) is 5.32 Å². The number of halogens is 1. The van der Waals surface area contributed by atoms with Gasteiger partial charge in [-0.15, -0.1) is 0 Å². The summed E-state index contributed by atoms with van der Waals surface area (Å²) in [6, 6.07) is 5.85. The lowest BCUT2D eigenvalue weighted by Crippen LogP contribution is -2.02. The van der Waals surface area contributed by atoms with Gasteiger partial charge in [0, 0.05) is 25.1 Å². The van der Waals surface area contributed by atoms with Crippen LogP contribution in [0.25, 0.3) is 0 Å². The SMILES string of the molecule is Cc1ccnc(Cl)c1NCc1cccnc1. The Morgan fingerprint density at radius 3 is 2.88 bits per heavy atom. The van der Waals surface area contributed by atoms with Crippen LogP contribution >= 0.6 is 11.6 Å². The van der Waals surface area contributed by atoms with Crippen LogP contribution in [0.1, 0.15) is 11.1 Å². The summed E-state index contributed by atoms with van der Waals surface area (Å²) >= 11 is 6.01. The number of hydrogen-bond donors (Lipinski definition) is 1. The van der Waals surface area contributed by atoms with Crippen molar-refractivity contribution in [1.29, 1.82) is 0 Å². The average Bonchev–Trinajstić information content (AvgIpc) is 2.30. The van der Waals surface area contributed by atoms with Gasteiger partial charge in [-0.1, -0.05) is 17.7 Å². The molecular formula is C12H12ClN3. The van der Waals surface area contributed by atoms with Crippen LogP contribution in [-0.2, 0) is 6.54 Å². The minimum Gasteiger partial charge on any atom is -0.378 e. The smallest absolute Gasteiger partial charge is 0.152 e. The van der Waals surface area contributed by atoms with E-state index in [1.165, 1.54) is 0 Å². The van der Waals surface area contributed by atoms with Gasteiger partial charge in [0.15, 0.2) is 5.15 Å². The summed E-state index contributed by atoms with van der Waals surface area (Å²) in [6.07, 6.45) is 5.28. The van der Waals surface area contributed by atoms with Gasteiger partial charge in [0.05, 0.1) is 5.69 Å². The lowest BCUT2D eigenvalue weighted by Gasteiger charge is -2.10. The highest BCUT2D eigenvalue weighted by Gasteiger charge is 2.03. The number of aromatic nitrogens is 2.